The maximum Gasteiger partial charge on any atom is 0.155 e. The van der Waals surface area contributed by atoms with Crippen molar-refractivity contribution in [1.29, 1.82) is 5.26 Å². The van der Waals surface area contributed by atoms with Gasteiger partial charge in [0.1, 0.15) is 24.3 Å². The van der Waals surface area contributed by atoms with Gasteiger partial charge in [-0.15, -0.1) is 0 Å². The molecular weight excluding hydrogens is 398 g/mol. The normalized spacial score (nSPS) is 11.1. The smallest absolute Gasteiger partial charge is 0.155 e. The second-order valence-electron chi connectivity index (χ2n) is 7.41. The molecule has 2 aromatic carbocycles. The molecule has 3 aromatic rings. The largest absolute Gasteiger partial charge is 0.491 e. The molecule has 0 N–H and O–H groups in total. The van der Waals surface area contributed by atoms with Crippen molar-refractivity contribution in [3.63, 3.8) is 0 Å². The third kappa shape index (κ3) is 4.72. The maximum absolute atomic E-state index is 9.52. The molecule has 0 amide bonds. The summed E-state index contributed by atoms with van der Waals surface area (Å²) >= 11 is 6.41. The highest BCUT2D eigenvalue weighted by Gasteiger charge is 2.26. The predicted molar refractivity (Wildman–Crippen MR) is 117 cm³/mol. The van der Waals surface area contributed by atoms with Crippen LogP contribution in [-0.2, 0) is 12.0 Å². The van der Waals surface area contributed by atoms with Crippen molar-refractivity contribution in [1.82, 2.24) is 9.97 Å². The standard InChI is InChI=1S/C24H24ClN3O2/c1-5-29-23-17(14-26)12-19(13-22(23)25)24(3,4)18-6-8-21(9-7-18)30-15-20-10-11-27-16(2)28-20/h6-13H,5,15H2,1-4H3. The first kappa shape index (κ1) is 21.6. The Morgan fingerprint density at radius 1 is 1.07 bits per heavy atom. The van der Waals surface area contributed by atoms with E-state index in [2.05, 4.69) is 29.9 Å². The number of hydrogen-bond acceptors (Lipinski definition) is 5. The van der Waals surface area contributed by atoms with E-state index >= 15 is 0 Å². The molecule has 3 rings (SSSR count). The molecule has 0 spiro atoms. The van der Waals surface area contributed by atoms with Gasteiger partial charge >= 0.3 is 0 Å². The highest BCUT2D eigenvalue weighted by Crippen LogP contribution is 2.38. The molecule has 0 fully saturated rings. The Morgan fingerprint density at radius 2 is 1.80 bits per heavy atom. The van der Waals surface area contributed by atoms with Gasteiger partial charge in [0.2, 0.25) is 0 Å². The van der Waals surface area contributed by atoms with Gasteiger partial charge in [-0.2, -0.15) is 5.26 Å². The van der Waals surface area contributed by atoms with Gasteiger partial charge in [-0.3, -0.25) is 0 Å². The van der Waals surface area contributed by atoms with Gasteiger partial charge in [-0.05, 0) is 55.3 Å². The minimum atomic E-state index is -0.359. The number of rotatable bonds is 7. The lowest BCUT2D eigenvalue weighted by Crippen LogP contribution is -2.19. The molecule has 1 heterocycles. The molecule has 0 unspecified atom stereocenters. The molecule has 6 heteroatoms. The van der Waals surface area contributed by atoms with Crippen molar-refractivity contribution >= 4 is 11.6 Å². The van der Waals surface area contributed by atoms with Gasteiger partial charge < -0.3 is 9.47 Å². The third-order valence-corrected chi connectivity index (χ3v) is 5.25. The highest BCUT2D eigenvalue weighted by molar-refractivity contribution is 6.32. The number of benzene rings is 2. The zero-order chi connectivity index (χ0) is 21.7. The van der Waals surface area contributed by atoms with E-state index in [-0.39, 0.29) is 5.41 Å². The van der Waals surface area contributed by atoms with Gasteiger partial charge in [0.15, 0.2) is 5.75 Å². The molecule has 0 atom stereocenters. The zero-order valence-electron chi connectivity index (χ0n) is 17.6. The summed E-state index contributed by atoms with van der Waals surface area (Å²) in [6, 6.07) is 15.7. The number of aromatic nitrogens is 2. The molecule has 0 aliphatic rings. The van der Waals surface area contributed by atoms with E-state index in [9.17, 15) is 5.26 Å². The summed E-state index contributed by atoms with van der Waals surface area (Å²) in [5, 5.41) is 9.97. The number of halogens is 1. The minimum absolute atomic E-state index is 0.359. The molecule has 0 radical (unpaired) electrons. The van der Waals surface area contributed by atoms with Crippen molar-refractivity contribution in [3.05, 3.63) is 81.9 Å². The van der Waals surface area contributed by atoms with Gasteiger partial charge in [0.25, 0.3) is 0 Å². The second-order valence-corrected chi connectivity index (χ2v) is 7.82. The summed E-state index contributed by atoms with van der Waals surface area (Å²) in [6.07, 6.45) is 1.73. The van der Waals surface area contributed by atoms with Crippen molar-refractivity contribution < 1.29 is 9.47 Å². The van der Waals surface area contributed by atoms with E-state index in [0.717, 1.165) is 28.4 Å². The average molecular weight is 422 g/mol. The van der Waals surface area contributed by atoms with E-state index in [0.29, 0.717) is 29.5 Å². The number of ether oxygens (including phenoxy) is 2. The van der Waals surface area contributed by atoms with E-state index in [1.165, 1.54) is 0 Å². The van der Waals surface area contributed by atoms with E-state index in [1.54, 1.807) is 6.20 Å². The van der Waals surface area contributed by atoms with Gasteiger partial charge in [-0.1, -0.05) is 37.6 Å². The lowest BCUT2D eigenvalue weighted by molar-refractivity contribution is 0.300. The quantitative estimate of drug-likeness (QED) is 0.495. The van der Waals surface area contributed by atoms with Crippen molar-refractivity contribution in [2.75, 3.05) is 6.61 Å². The van der Waals surface area contributed by atoms with Crippen LogP contribution in [0.25, 0.3) is 0 Å². The fourth-order valence-electron chi connectivity index (χ4n) is 3.21. The first-order chi connectivity index (χ1) is 14.3. The van der Waals surface area contributed by atoms with Crippen LogP contribution in [0.1, 0.15) is 49.0 Å². The summed E-state index contributed by atoms with van der Waals surface area (Å²) < 4.78 is 11.4. The Morgan fingerprint density at radius 3 is 2.43 bits per heavy atom. The summed E-state index contributed by atoms with van der Waals surface area (Å²) in [4.78, 5) is 8.44. The molecule has 30 heavy (non-hydrogen) atoms. The summed E-state index contributed by atoms with van der Waals surface area (Å²) in [7, 11) is 0. The van der Waals surface area contributed by atoms with E-state index in [4.69, 9.17) is 21.1 Å². The van der Waals surface area contributed by atoms with Crippen LogP contribution >= 0.6 is 11.6 Å². The topological polar surface area (TPSA) is 68.0 Å². The van der Waals surface area contributed by atoms with Crippen LogP contribution in [-0.4, -0.2) is 16.6 Å². The summed E-state index contributed by atoms with van der Waals surface area (Å²) in [5.41, 5.74) is 2.93. The monoisotopic (exact) mass is 421 g/mol. The molecule has 154 valence electrons. The van der Waals surface area contributed by atoms with Gasteiger partial charge in [0.05, 0.1) is 22.9 Å². The van der Waals surface area contributed by atoms with Crippen molar-refractivity contribution in [2.45, 2.75) is 39.7 Å². The molecule has 1 aromatic heterocycles. The van der Waals surface area contributed by atoms with E-state index < -0.39 is 0 Å². The Labute approximate surface area is 182 Å². The average Bonchev–Trinajstić information content (AvgIpc) is 2.74. The Hall–Kier alpha value is -3.10. The van der Waals surface area contributed by atoms with Crippen molar-refractivity contribution in [2.24, 2.45) is 0 Å². The van der Waals surface area contributed by atoms with Crippen LogP contribution < -0.4 is 9.47 Å². The summed E-state index contributed by atoms with van der Waals surface area (Å²) in [5.74, 6) is 1.91. The summed E-state index contributed by atoms with van der Waals surface area (Å²) in [6.45, 7) is 8.74. The van der Waals surface area contributed by atoms with Crippen LogP contribution in [0.3, 0.4) is 0 Å². The van der Waals surface area contributed by atoms with Crippen LogP contribution in [0.15, 0.2) is 48.7 Å². The minimum Gasteiger partial charge on any atom is -0.491 e. The van der Waals surface area contributed by atoms with Gasteiger partial charge in [-0.25, -0.2) is 9.97 Å². The molecule has 0 aliphatic carbocycles. The second kappa shape index (κ2) is 9.15. The molecule has 0 bridgehead atoms. The Bertz CT molecular complexity index is 1070. The third-order valence-electron chi connectivity index (χ3n) is 4.97. The molecule has 0 aliphatic heterocycles. The first-order valence-electron chi connectivity index (χ1n) is 9.74. The zero-order valence-corrected chi connectivity index (χ0v) is 18.3. The maximum atomic E-state index is 9.52. The van der Waals surface area contributed by atoms with Gasteiger partial charge in [0, 0.05) is 11.6 Å². The molecule has 0 saturated carbocycles. The highest BCUT2D eigenvalue weighted by atomic mass is 35.5. The van der Waals surface area contributed by atoms with Crippen LogP contribution in [0.5, 0.6) is 11.5 Å². The SMILES string of the molecule is CCOc1c(Cl)cc(C(C)(C)c2ccc(OCc3ccnc(C)n3)cc2)cc1C#N. The van der Waals surface area contributed by atoms with Crippen LogP contribution in [0.2, 0.25) is 5.02 Å². The molecule has 5 nitrogen and oxygen atoms in total. The first-order valence-corrected chi connectivity index (χ1v) is 10.1. The number of hydrogen-bond donors (Lipinski definition) is 0. The number of nitriles is 1. The van der Waals surface area contributed by atoms with Crippen molar-refractivity contribution in [3.8, 4) is 17.6 Å². The fraction of sp³-hybridized carbons (Fsp3) is 0.292. The lowest BCUT2D eigenvalue weighted by Gasteiger charge is -2.27. The number of nitrogens with zero attached hydrogens (tertiary/aromatic N) is 3. The lowest BCUT2D eigenvalue weighted by atomic mass is 9.77. The Kier molecular flexibility index (Phi) is 6.59. The van der Waals surface area contributed by atoms with E-state index in [1.807, 2.05) is 56.3 Å². The fourth-order valence-corrected chi connectivity index (χ4v) is 3.48. The predicted octanol–water partition coefficient (Wildman–Crippen LogP) is 5.61. The Balaban J connectivity index is 1.81. The van der Waals surface area contributed by atoms with Crippen LogP contribution in [0, 0.1) is 18.3 Å². The molecule has 0 saturated heterocycles. The molecular formula is C24H24ClN3O2. The van der Waals surface area contributed by atoms with Crippen LogP contribution in [0.4, 0.5) is 0 Å². The number of aryl methyl sites for hydroxylation is 1.